The van der Waals surface area contributed by atoms with E-state index in [0.29, 0.717) is 19.8 Å². The summed E-state index contributed by atoms with van der Waals surface area (Å²) in [6, 6.07) is 4.25. The van der Waals surface area contributed by atoms with Crippen LogP contribution in [-0.2, 0) is 16.1 Å². The van der Waals surface area contributed by atoms with E-state index in [0.717, 1.165) is 12.8 Å². The van der Waals surface area contributed by atoms with Crippen molar-refractivity contribution in [2.75, 3.05) is 19.8 Å². The third kappa shape index (κ3) is 5.36. The van der Waals surface area contributed by atoms with Gasteiger partial charge in [0.05, 0.1) is 25.4 Å². The van der Waals surface area contributed by atoms with Crippen LogP contribution in [0.15, 0.2) is 18.2 Å². The van der Waals surface area contributed by atoms with Crippen LogP contribution in [-0.4, -0.2) is 30.9 Å². The number of hydrogen-bond donors (Lipinski definition) is 1. The molecule has 0 fully saturated rings. The first-order valence-electron chi connectivity index (χ1n) is 6.33. The van der Waals surface area contributed by atoms with Gasteiger partial charge in [-0.1, -0.05) is 25.5 Å². The number of benzene rings is 1. The molecule has 19 heavy (non-hydrogen) atoms. The molecule has 1 aromatic rings. The zero-order valence-corrected chi connectivity index (χ0v) is 11.0. The molecule has 1 aromatic carbocycles. The Hall–Kier alpha value is -1.46. The maximum Gasteiger partial charge on any atom is 0.338 e. The minimum atomic E-state index is -1.28. The molecular formula is C14H19FO4. The fourth-order valence-corrected chi connectivity index (χ4v) is 1.50. The molecule has 0 aliphatic heterocycles. The van der Waals surface area contributed by atoms with Gasteiger partial charge in [-0.15, -0.1) is 0 Å². The van der Waals surface area contributed by atoms with Gasteiger partial charge in [0, 0.05) is 12.2 Å². The molecule has 1 rings (SSSR count). The first kappa shape index (κ1) is 15.6. The SMILES string of the molecule is CCCCOCCOCc1cccc(C(=O)O)c1F. The van der Waals surface area contributed by atoms with Gasteiger partial charge in [0.15, 0.2) is 0 Å². The van der Waals surface area contributed by atoms with Crippen LogP contribution >= 0.6 is 0 Å². The predicted molar refractivity (Wildman–Crippen MR) is 68.7 cm³/mol. The zero-order chi connectivity index (χ0) is 14.1. The lowest BCUT2D eigenvalue weighted by atomic mass is 10.1. The number of carboxylic acid groups (broad SMARTS) is 1. The number of carboxylic acids is 1. The fraction of sp³-hybridized carbons (Fsp3) is 0.500. The van der Waals surface area contributed by atoms with Gasteiger partial charge in [-0.3, -0.25) is 0 Å². The molecule has 0 atom stereocenters. The Morgan fingerprint density at radius 2 is 2.00 bits per heavy atom. The largest absolute Gasteiger partial charge is 0.478 e. The molecule has 0 unspecified atom stereocenters. The second-order valence-electron chi connectivity index (χ2n) is 4.10. The summed E-state index contributed by atoms with van der Waals surface area (Å²) in [5, 5.41) is 8.78. The summed E-state index contributed by atoms with van der Waals surface area (Å²) < 4.78 is 24.3. The highest BCUT2D eigenvalue weighted by Gasteiger charge is 2.13. The average molecular weight is 270 g/mol. The number of hydrogen-bond acceptors (Lipinski definition) is 3. The number of aromatic carboxylic acids is 1. The van der Waals surface area contributed by atoms with Crippen molar-refractivity contribution in [2.24, 2.45) is 0 Å². The van der Waals surface area contributed by atoms with Crippen LogP contribution < -0.4 is 0 Å². The van der Waals surface area contributed by atoms with Crippen molar-refractivity contribution in [1.29, 1.82) is 0 Å². The Balaban J connectivity index is 2.33. The molecule has 0 spiro atoms. The van der Waals surface area contributed by atoms with Gasteiger partial charge in [0.2, 0.25) is 0 Å². The van der Waals surface area contributed by atoms with Gasteiger partial charge < -0.3 is 14.6 Å². The first-order chi connectivity index (χ1) is 9.16. The second kappa shape index (κ2) is 8.61. The molecule has 0 aliphatic rings. The molecule has 0 heterocycles. The van der Waals surface area contributed by atoms with Crippen molar-refractivity contribution in [3.63, 3.8) is 0 Å². The normalized spacial score (nSPS) is 10.6. The third-order valence-corrected chi connectivity index (χ3v) is 2.58. The molecule has 5 heteroatoms. The maximum absolute atomic E-state index is 13.7. The van der Waals surface area contributed by atoms with Crippen molar-refractivity contribution >= 4 is 5.97 Å². The molecule has 0 bridgehead atoms. The molecule has 0 amide bonds. The lowest BCUT2D eigenvalue weighted by Gasteiger charge is -2.07. The highest BCUT2D eigenvalue weighted by molar-refractivity contribution is 5.88. The van der Waals surface area contributed by atoms with E-state index in [1.54, 1.807) is 0 Å². The molecule has 0 saturated heterocycles. The van der Waals surface area contributed by atoms with Crippen molar-refractivity contribution < 1.29 is 23.8 Å². The van der Waals surface area contributed by atoms with E-state index in [9.17, 15) is 9.18 Å². The van der Waals surface area contributed by atoms with Crippen molar-refractivity contribution in [3.8, 4) is 0 Å². The van der Waals surface area contributed by atoms with Gasteiger partial charge in [0.25, 0.3) is 0 Å². The van der Waals surface area contributed by atoms with E-state index < -0.39 is 11.8 Å². The van der Waals surface area contributed by atoms with Crippen LogP contribution in [0.3, 0.4) is 0 Å². The average Bonchev–Trinajstić information content (AvgIpc) is 2.39. The Kier molecular flexibility index (Phi) is 7.07. The van der Waals surface area contributed by atoms with Crippen LogP contribution in [0.5, 0.6) is 0 Å². The molecule has 0 aliphatic carbocycles. The van der Waals surface area contributed by atoms with Crippen molar-refractivity contribution in [1.82, 2.24) is 0 Å². The molecule has 0 aromatic heterocycles. The molecule has 0 saturated carbocycles. The first-order valence-corrected chi connectivity index (χ1v) is 6.33. The summed E-state index contributed by atoms with van der Waals surface area (Å²) in [4.78, 5) is 10.7. The maximum atomic E-state index is 13.7. The van der Waals surface area contributed by atoms with Crippen molar-refractivity contribution in [2.45, 2.75) is 26.4 Å². The molecule has 106 valence electrons. The number of halogens is 1. The standard InChI is InChI=1S/C14H19FO4/c1-2-3-7-18-8-9-19-10-11-5-4-6-12(13(11)15)14(16)17/h4-6H,2-3,7-10H2,1H3,(H,16,17). The number of rotatable bonds is 9. The second-order valence-corrected chi connectivity index (χ2v) is 4.10. The van der Waals surface area contributed by atoms with E-state index in [1.807, 2.05) is 0 Å². The zero-order valence-electron chi connectivity index (χ0n) is 11.0. The Bertz CT molecular complexity index is 406. The van der Waals surface area contributed by atoms with Gasteiger partial charge in [-0.2, -0.15) is 0 Å². The Morgan fingerprint density at radius 3 is 2.68 bits per heavy atom. The van der Waals surface area contributed by atoms with Crippen LogP contribution in [0.25, 0.3) is 0 Å². The summed E-state index contributed by atoms with van der Waals surface area (Å²) in [5.41, 5.74) is -0.0891. The molecule has 0 radical (unpaired) electrons. The predicted octanol–water partition coefficient (Wildman–Crippen LogP) is 2.86. The lowest BCUT2D eigenvalue weighted by molar-refractivity contribution is 0.0386. The van der Waals surface area contributed by atoms with E-state index in [1.165, 1.54) is 18.2 Å². The molecular weight excluding hydrogens is 251 g/mol. The van der Waals surface area contributed by atoms with E-state index in [-0.39, 0.29) is 17.7 Å². The summed E-state index contributed by atoms with van der Waals surface area (Å²) in [6.45, 7) is 3.64. The Labute approximate surface area is 112 Å². The highest BCUT2D eigenvalue weighted by atomic mass is 19.1. The fourth-order valence-electron chi connectivity index (χ4n) is 1.50. The van der Waals surface area contributed by atoms with Gasteiger partial charge in [-0.05, 0) is 12.5 Å². The lowest BCUT2D eigenvalue weighted by Crippen LogP contribution is -2.08. The van der Waals surface area contributed by atoms with Crippen LogP contribution in [0.1, 0.15) is 35.7 Å². The summed E-state index contributed by atoms with van der Waals surface area (Å²) in [5.74, 6) is -2.01. The van der Waals surface area contributed by atoms with Gasteiger partial charge >= 0.3 is 5.97 Å². The van der Waals surface area contributed by atoms with Crippen LogP contribution in [0.2, 0.25) is 0 Å². The monoisotopic (exact) mass is 270 g/mol. The van der Waals surface area contributed by atoms with Gasteiger partial charge in [-0.25, -0.2) is 9.18 Å². The van der Waals surface area contributed by atoms with Crippen molar-refractivity contribution in [3.05, 3.63) is 35.1 Å². The summed E-state index contributed by atoms with van der Waals surface area (Å²) in [7, 11) is 0. The highest BCUT2D eigenvalue weighted by Crippen LogP contribution is 2.14. The summed E-state index contributed by atoms with van der Waals surface area (Å²) in [6.07, 6.45) is 2.09. The van der Waals surface area contributed by atoms with E-state index in [2.05, 4.69) is 6.92 Å². The van der Waals surface area contributed by atoms with Crippen LogP contribution in [0.4, 0.5) is 4.39 Å². The molecule has 4 nitrogen and oxygen atoms in total. The van der Waals surface area contributed by atoms with E-state index in [4.69, 9.17) is 14.6 Å². The number of ether oxygens (including phenoxy) is 2. The third-order valence-electron chi connectivity index (χ3n) is 2.58. The van der Waals surface area contributed by atoms with Crippen LogP contribution in [0, 0.1) is 5.82 Å². The quantitative estimate of drug-likeness (QED) is 0.701. The minimum Gasteiger partial charge on any atom is -0.478 e. The van der Waals surface area contributed by atoms with Gasteiger partial charge in [0.1, 0.15) is 5.82 Å². The Morgan fingerprint density at radius 1 is 1.26 bits per heavy atom. The summed E-state index contributed by atoms with van der Waals surface area (Å²) >= 11 is 0. The minimum absolute atomic E-state index is 0.0457. The topological polar surface area (TPSA) is 55.8 Å². The number of unbranched alkanes of at least 4 members (excludes halogenated alkanes) is 1. The molecule has 1 N–H and O–H groups in total. The number of carbonyl (C=O) groups is 1. The van der Waals surface area contributed by atoms with E-state index >= 15 is 0 Å². The smallest absolute Gasteiger partial charge is 0.338 e.